The third kappa shape index (κ3) is 4.53. The fraction of sp³-hybridized carbons (Fsp3) is 0.0870. The summed E-state index contributed by atoms with van der Waals surface area (Å²) in [6.45, 7) is 0.892. The van der Waals surface area contributed by atoms with Crippen LogP contribution in [0.4, 0.5) is 5.82 Å². The van der Waals surface area contributed by atoms with Crippen molar-refractivity contribution in [3.63, 3.8) is 0 Å². The first-order chi connectivity index (χ1) is 14.6. The fourth-order valence-corrected chi connectivity index (χ4v) is 3.44. The van der Waals surface area contributed by atoms with Crippen molar-refractivity contribution in [2.75, 3.05) is 18.4 Å². The largest absolute Gasteiger partial charge is 0.368 e. The molecule has 4 aromatic rings. The molecule has 1 aromatic heterocycles. The molecule has 0 fully saturated rings. The lowest BCUT2D eigenvalue weighted by molar-refractivity contribution is 0.0955. The van der Waals surface area contributed by atoms with Gasteiger partial charge in [-0.05, 0) is 30.3 Å². The molecule has 0 unspecified atom stereocenters. The van der Waals surface area contributed by atoms with Crippen LogP contribution in [0.25, 0.3) is 22.3 Å². The molecule has 150 valence electrons. The van der Waals surface area contributed by atoms with Crippen molar-refractivity contribution < 1.29 is 4.79 Å². The molecule has 0 atom stereocenters. The second kappa shape index (κ2) is 9.11. The predicted molar refractivity (Wildman–Crippen MR) is 122 cm³/mol. The first-order valence-electron chi connectivity index (χ1n) is 9.41. The Morgan fingerprint density at radius 3 is 2.43 bits per heavy atom. The number of benzene rings is 3. The summed E-state index contributed by atoms with van der Waals surface area (Å²) in [5, 5.41) is 8.05. The summed E-state index contributed by atoms with van der Waals surface area (Å²) in [4.78, 5) is 21.6. The van der Waals surface area contributed by atoms with Gasteiger partial charge in [-0.25, -0.2) is 9.97 Å². The maximum Gasteiger partial charge on any atom is 0.252 e. The number of aromatic nitrogens is 2. The summed E-state index contributed by atoms with van der Waals surface area (Å²) in [5.41, 5.74) is 2.11. The Kier molecular flexibility index (Phi) is 6.12. The third-order valence-corrected chi connectivity index (χ3v) is 5.08. The molecule has 4 rings (SSSR count). The number of halogens is 2. The highest BCUT2D eigenvalue weighted by molar-refractivity contribution is 6.33. The number of hydrogen-bond donors (Lipinski definition) is 2. The van der Waals surface area contributed by atoms with Crippen LogP contribution in [0.5, 0.6) is 0 Å². The van der Waals surface area contributed by atoms with Crippen molar-refractivity contribution in [3.8, 4) is 11.4 Å². The maximum absolute atomic E-state index is 12.3. The molecule has 5 nitrogen and oxygen atoms in total. The Bertz CT molecular complexity index is 1200. The minimum absolute atomic E-state index is 0.216. The molecule has 0 aliphatic heterocycles. The van der Waals surface area contributed by atoms with Gasteiger partial charge in [-0.3, -0.25) is 4.79 Å². The summed E-state index contributed by atoms with van der Waals surface area (Å²) < 4.78 is 0. The van der Waals surface area contributed by atoms with E-state index < -0.39 is 0 Å². The van der Waals surface area contributed by atoms with Crippen molar-refractivity contribution in [2.24, 2.45) is 0 Å². The highest BCUT2D eigenvalue weighted by Gasteiger charge is 2.11. The summed E-state index contributed by atoms with van der Waals surface area (Å²) in [6, 6.07) is 22.2. The molecule has 0 radical (unpaired) electrons. The normalized spacial score (nSPS) is 10.7. The smallest absolute Gasteiger partial charge is 0.252 e. The molecule has 0 saturated carbocycles. The second-order valence-electron chi connectivity index (χ2n) is 6.59. The maximum atomic E-state index is 12.3. The molecule has 0 aliphatic carbocycles. The zero-order valence-electron chi connectivity index (χ0n) is 15.9. The standard InChI is InChI=1S/C23H18Cl2N4O/c24-16-10-11-18-20(14-16)28-21(15-6-2-1-3-7-15)29-22(18)26-12-13-27-23(30)17-8-4-5-9-19(17)25/h1-11,14H,12-13H2,(H,27,30)(H,26,28,29). The lowest BCUT2D eigenvalue weighted by Crippen LogP contribution is -2.29. The van der Waals surface area contributed by atoms with Gasteiger partial charge in [-0.2, -0.15) is 0 Å². The highest BCUT2D eigenvalue weighted by atomic mass is 35.5. The van der Waals surface area contributed by atoms with Gasteiger partial charge in [0.15, 0.2) is 5.82 Å². The van der Waals surface area contributed by atoms with Crippen molar-refractivity contribution in [3.05, 3.63) is 88.4 Å². The number of carbonyl (C=O) groups excluding carboxylic acids is 1. The molecule has 7 heteroatoms. The third-order valence-electron chi connectivity index (χ3n) is 4.51. The number of rotatable bonds is 6. The van der Waals surface area contributed by atoms with Crippen molar-refractivity contribution >= 4 is 45.8 Å². The van der Waals surface area contributed by atoms with E-state index in [4.69, 9.17) is 28.2 Å². The van der Waals surface area contributed by atoms with Crippen molar-refractivity contribution in [2.45, 2.75) is 0 Å². The zero-order valence-corrected chi connectivity index (χ0v) is 17.4. The molecule has 30 heavy (non-hydrogen) atoms. The first kappa shape index (κ1) is 20.1. The van der Waals surface area contributed by atoms with E-state index >= 15 is 0 Å². The summed E-state index contributed by atoms with van der Waals surface area (Å²) in [5.74, 6) is 1.07. The quantitative estimate of drug-likeness (QED) is 0.394. The number of hydrogen-bond acceptors (Lipinski definition) is 4. The van der Waals surface area contributed by atoms with E-state index in [-0.39, 0.29) is 5.91 Å². The van der Waals surface area contributed by atoms with Crippen LogP contribution < -0.4 is 10.6 Å². The Balaban J connectivity index is 1.52. The molecule has 0 saturated heterocycles. The molecular weight excluding hydrogens is 419 g/mol. The van der Waals surface area contributed by atoms with Gasteiger partial charge in [0.25, 0.3) is 5.91 Å². The fourth-order valence-electron chi connectivity index (χ4n) is 3.05. The van der Waals surface area contributed by atoms with E-state index in [1.807, 2.05) is 42.5 Å². The monoisotopic (exact) mass is 436 g/mol. The average Bonchev–Trinajstić information content (AvgIpc) is 2.77. The van der Waals surface area contributed by atoms with Crippen LogP contribution >= 0.6 is 23.2 Å². The van der Waals surface area contributed by atoms with E-state index in [2.05, 4.69) is 15.6 Å². The highest BCUT2D eigenvalue weighted by Crippen LogP contribution is 2.27. The average molecular weight is 437 g/mol. The van der Waals surface area contributed by atoms with Crippen LogP contribution in [0.3, 0.4) is 0 Å². The van der Waals surface area contributed by atoms with Crippen LogP contribution in [-0.2, 0) is 0 Å². The second-order valence-corrected chi connectivity index (χ2v) is 7.43. The minimum Gasteiger partial charge on any atom is -0.368 e. The van der Waals surface area contributed by atoms with E-state index in [0.717, 1.165) is 16.5 Å². The summed E-state index contributed by atoms with van der Waals surface area (Å²) in [6.07, 6.45) is 0. The van der Waals surface area contributed by atoms with E-state index in [0.29, 0.717) is 40.3 Å². The minimum atomic E-state index is -0.216. The van der Waals surface area contributed by atoms with E-state index in [1.165, 1.54) is 0 Å². The molecule has 0 spiro atoms. The predicted octanol–water partition coefficient (Wildman–Crippen LogP) is 5.45. The van der Waals surface area contributed by atoms with Crippen molar-refractivity contribution in [1.29, 1.82) is 0 Å². The van der Waals surface area contributed by atoms with Gasteiger partial charge in [0.1, 0.15) is 5.82 Å². The van der Waals surface area contributed by atoms with Crippen LogP contribution in [0, 0.1) is 0 Å². The van der Waals surface area contributed by atoms with Gasteiger partial charge in [0.05, 0.1) is 16.1 Å². The molecule has 0 aliphatic rings. The number of amides is 1. The van der Waals surface area contributed by atoms with E-state index in [1.54, 1.807) is 30.3 Å². The lowest BCUT2D eigenvalue weighted by Gasteiger charge is -2.12. The Hall–Kier alpha value is -3.15. The van der Waals surface area contributed by atoms with Crippen LogP contribution in [-0.4, -0.2) is 29.0 Å². The Morgan fingerprint density at radius 2 is 1.63 bits per heavy atom. The molecule has 1 amide bonds. The van der Waals surface area contributed by atoms with Gasteiger partial charge in [0.2, 0.25) is 0 Å². The van der Waals surface area contributed by atoms with Gasteiger partial charge in [-0.1, -0.05) is 65.7 Å². The van der Waals surface area contributed by atoms with Crippen molar-refractivity contribution in [1.82, 2.24) is 15.3 Å². The number of carbonyl (C=O) groups is 1. The molecule has 0 bridgehead atoms. The van der Waals surface area contributed by atoms with Gasteiger partial charge in [0, 0.05) is 29.1 Å². The summed E-state index contributed by atoms with van der Waals surface area (Å²) >= 11 is 12.2. The van der Waals surface area contributed by atoms with Gasteiger partial charge in [-0.15, -0.1) is 0 Å². The van der Waals surface area contributed by atoms with E-state index in [9.17, 15) is 4.79 Å². The molecule has 3 aromatic carbocycles. The molecular formula is C23H18Cl2N4O. The Morgan fingerprint density at radius 1 is 0.867 bits per heavy atom. The summed E-state index contributed by atoms with van der Waals surface area (Å²) in [7, 11) is 0. The number of nitrogens with one attached hydrogen (secondary N) is 2. The number of anilines is 1. The van der Waals surface area contributed by atoms with Crippen LogP contribution in [0.15, 0.2) is 72.8 Å². The lowest BCUT2D eigenvalue weighted by atomic mass is 10.2. The van der Waals surface area contributed by atoms with Gasteiger partial charge >= 0.3 is 0 Å². The molecule has 2 N–H and O–H groups in total. The molecule has 1 heterocycles. The Labute approximate surface area is 184 Å². The number of fused-ring (bicyclic) bond motifs is 1. The van der Waals surface area contributed by atoms with Crippen LogP contribution in [0.1, 0.15) is 10.4 Å². The SMILES string of the molecule is O=C(NCCNc1nc(-c2ccccc2)nc2cc(Cl)ccc12)c1ccccc1Cl. The van der Waals surface area contributed by atoms with Gasteiger partial charge < -0.3 is 10.6 Å². The zero-order chi connectivity index (χ0) is 20.9. The number of nitrogens with zero attached hydrogens (tertiary/aromatic N) is 2. The topological polar surface area (TPSA) is 66.9 Å². The van der Waals surface area contributed by atoms with Crippen LogP contribution in [0.2, 0.25) is 10.0 Å². The first-order valence-corrected chi connectivity index (χ1v) is 10.2.